The Morgan fingerprint density at radius 2 is 1.73 bits per heavy atom. The molecule has 0 radical (unpaired) electrons. The number of rotatable bonds is 6. The molecule has 0 aliphatic heterocycles. The Morgan fingerprint density at radius 1 is 1.18 bits per heavy atom. The molecule has 0 aliphatic rings. The Labute approximate surface area is 70.8 Å². The quantitative estimate of drug-likeness (QED) is 0.634. The van der Waals surface area contributed by atoms with Crippen LogP contribution in [0, 0.1) is 0 Å². The van der Waals surface area contributed by atoms with Gasteiger partial charge in [0.05, 0.1) is 0 Å². The Hall–Kier alpha value is -0.0800. The van der Waals surface area contributed by atoms with Crippen LogP contribution in [0.25, 0.3) is 0 Å². The summed E-state index contributed by atoms with van der Waals surface area (Å²) >= 11 is 0. The third kappa shape index (κ3) is 5.22. The highest BCUT2D eigenvalue weighted by Crippen LogP contribution is 1.96. The zero-order valence-electron chi connectivity index (χ0n) is 8.14. The molecule has 0 fully saturated rings. The summed E-state index contributed by atoms with van der Waals surface area (Å²) in [6.45, 7) is 9.98. The third-order valence-electron chi connectivity index (χ3n) is 2.23. The van der Waals surface area contributed by atoms with E-state index in [-0.39, 0.29) is 0 Å². The number of nitrogens with zero attached hydrogens (tertiary/aromatic N) is 1. The molecule has 0 aliphatic carbocycles. The Morgan fingerprint density at radius 3 is 2.09 bits per heavy atom. The molecule has 2 heteroatoms. The summed E-state index contributed by atoms with van der Waals surface area (Å²) in [6, 6.07) is 0.399. The van der Waals surface area contributed by atoms with E-state index in [9.17, 15) is 0 Å². The van der Waals surface area contributed by atoms with Gasteiger partial charge in [0.15, 0.2) is 0 Å². The predicted molar refractivity (Wildman–Crippen MR) is 50.7 cm³/mol. The minimum absolute atomic E-state index is 0.399. The van der Waals surface area contributed by atoms with Crippen molar-refractivity contribution >= 4 is 0 Å². The molecule has 2 N–H and O–H groups in total. The molecule has 0 aromatic rings. The van der Waals surface area contributed by atoms with E-state index in [0.29, 0.717) is 6.04 Å². The van der Waals surface area contributed by atoms with Gasteiger partial charge in [0, 0.05) is 6.04 Å². The third-order valence-corrected chi connectivity index (χ3v) is 2.23. The van der Waals surface area contributed by atoms with E-state index in [2.05, 4.69) is 25.7 Å². The molecule has 11 heavy (non-hydrogen) atoms. The first kappa shape index (κ1) is 10.9. The van der Waals surface area contributed by atoms with Crippen LogP contribution in [-0.2, 0) is 0 Å². The maximum Gasteiger partial charge on any atom is 0.00483 e. The molecule has 0 spiro atoms. The van der Waals surface area contributed by atoms with Crippen LogP contribution in [0.3, 0.4) is 0 Å². The molecule has 0 aromatic carbocycles. The first-order valence-corrected chi connectivity index (χ1v) is 4.72. The van der Waals surface area contributed by atoms with E-state index in [1.165, 1.54) is 0 Å². The van der Waals surface area contributed by atoms with E-state index >= 15 is 0 Å². The van der Waals surface area contributed by atoms with E-state index < -0.39 is 0 Å². The van der Waals surface area contributed by atoms with E-state index in [1.807, 2.05) is 0 Å². The average molecular weight is 158 g/mol. The average Bonchev–Trinajstić information content (AvgIpc) is 2.06. The van der Waals surface area contributed by atoms with Crippen molar-refractivity contribution < 1.29 is 0 Å². The van der Waals surface area contributed by atoms with Gasteiger partial charge in [-0.05, 0) is 32.5 Å². The van der Waals surface area contributed by atoms with Gasteiger partial charge in [-0.25, -0.2) is 0 Å². The minimum Gasteiger partial charge on any atom is -0.328 e. The van der Waals surface area contributed by atoms with Gasteiger partial charge in [-0.2, -0.15) is 0 Å². The lowest BCUT2D eigenvalue weighted by molar-refractivity contribution is 0.289. The van der Waals surface area contributed by atoms with Gasteiger partial charge < -0.3 is 10.6 Å². The highest BCUT2D eigenvalue weighted by atomic mass is 15.1. The SMILES string of the molecule is CC[C@@H](N)CCN(CC)CC. The second-order valence-electron chi connectivity index (χ2n) is 2.98. The first-order chi connectivity index (χ1) is 5.24. The van der Waals surface area contributed by atoms with Crippen LogP contribution in [0.1, 0.15) is 33.6 Å². The predicted octanol–water partition coefficient (Wildman–Crippen LogP) is 1.46. The molecule has 1 atom stereocenters. The van der Waals surface area contributed by atoms with Crippen LogP contribution in [0.5, 0.6) is 0 Å². The van der Waals surface area contributed by atoms with Crippen molar-refractivity contribution in [2.24, 2.45) is 5.73 Å². The van der Waals surface area contributed by atoms with Crippen molar-refractivity contribution in [2.75, 3.05) is 19.6 Å². The molecule has 0 bridgehead atoms. The molecule has 0 saturated heterocycles. The van der Waals surface area contributed by atoms with Gasteiger partial charge in [0.25, 0.3) is 0 Å². The zero-order chi connectivity index (χ0) is 8.69. The zero-order valence-corrected chi connectivity index (χ0v) is 8.14. The fourth-order valence-corrected chi connectivity index (χ4v) is 1.09. The lowest BCUT2D eigenvalue weighted by Crippen LogP contribution is -2.29. The van der Waals surface area contributed by atoms with E-state index in [1.54, 1.807) is 0 Å². The van der Waals surface area contributed by atoms with Gasteiger partial charge in [-0.15, -0.1) is 0 Å². The molecule has 0 saturated carbocycles. The van der Waals surface area contributed by atoms with Crippen molar-refractivity contribution in [3.63, 3.8) is 0 Å². The van der Waals surface area contributed by atoms with Crippen molar-refractivity contribution in [2.45, 2.75) is 39.7 Å². The molecule has 2 nitrogen and oxygen atoms in total. The monoisotopic (exact) mass is 158 g/mol. The van der Waals surface area contributed by atoms with Crippen LogP contribution >= 0.6 is 0 Å². The summed E-state index contributed by atoms with van der Waals surface area (Å²) in [7, 11) is 0. The second-order valence-corrected chi connectivity index (χ2v) is 2.98. The normalized spacial score (nSPS) is 13.9. The molecule has 0 rings (SSSR count). The van der Waals surface area contributed by atoms with Crippen LogP contribution in [0.15, 0.2) is 0 Å². The van der Waals surface area contributed by atoms with Crippen molar-refractivity contribution in [3.05, 3.63) is 0 Å². The minimum atomic E-state index is 0.399. The molecule has 0 heterocycles. The van der Waals surface area contributed by atoms with Gasteiger partial charge in [-0.1, -0.05) is 20.8 Å². The maximum absolute atomic E-state index is 5.80. The van der Waals surface area contributed by atoms with Gasteiger partial charge in [0.1, 0.15) is 0 Å². The standard InChI is InChI=1S/C9H22N2/c1-4-9(10)7-8-11(5-2)6-3/h9H,4-8,10H2,1-3H3/t9-/m1/s1. The molecular weight excluding hydrogens is 136 g/mol. The fraction of sp³-hybridized carbons (Fsp3) is 1.00. The van der Waals surface area contributed by atoms with Crippen molar-refractivity contribution in [3.8, 4) is 0 Å². The van der Waals surface area contributed by atoms with Gasteiger partial charge in [-0.3, -0.25) is 0 Å². The Balaban J connectivity index is 3.34. The highest BCUT2D eigenvalue weighted by molar-refractivity contribution is 4.61. The smallest absolute Gasteiger partial charge is 0.00483 e. The second kappa shape index (κ2) is 6.62. The summed E-state index contributed by atoms with van der Waals surface area (Å²) < 4.78 is 0. The van der Waals surface area contributed by atoms with Crippen molar-refractivity contribution in [1.29, 1.82) is 0 Å². The number of hydrogen-bond acceptors (Lipinski definition) is 2. The maximum atomic E-state index is 5.80. The van der Waals surface area contributed by atoms with Crippen LogP contribution in [-0.4, -0.2) is 30.6 Å². The molecule has 68 valence electrons. The van der Waals surface area contributed by atoms with Crippen LogP contribution < -0.4 is 5.73 Å². The highest BCUT2D eigenvalue weighted by Gasteiger charge is 2.02. The summed E-state index contributed by atoms with van der Waals surface area (Å²) in [6.07, 6.45) is 2.24. The molecular formula is C9H22N2. The van der Waals surface area contributed by atoms with Crippen molar-refractivity contribution in [1.82, 2.24) is 4.90 Å². The number of hydrogen-bond donors (Lipinski definition) is 1. The van der Waals surface area contributed by atoms with E-state index in [4.69, 9.17) is 5.73 Å². The lowest BCUT2D eigenvalue weighted by Gasteiger charge is -2.19. The molecule has 0 aromatic heterocycles. The lowest BCUT2D eigenvalue weighted by atomic mass is 10.1. The summed E-state index contributed by atoms with van der Waals surface area (Å²) in [5.41, 5.74) is 5.80. The van der Waals surface area contributed by atoms with E-state index in [0.717, 1.165) is 32.5 Å². The molecule has 0 amide bonds. The van der Waals surface area contributed by atoms with Crippen LogP contribution in [0.4, 0.5) is 0 Å². The Kier molecular flexibility index (Phi) is 6.57. The summed E-state index contributed by atoms with van der Waals surface area (Å²) in [5, 5.41) is 0. The number of nitrogens with two attached hydrogens (primary N) is 1. The van der Waals surface area contributed by atoms with Gasteiger partial charge >= 0.3 is 0 Å². The topological polar surface area (TPSA) is 29.3 Å². The largest absolute Gasteiger partial charge is 0.328 e. The van der Waals surface area contributed by atoms with Crippen LogP contribution in [0.2, 0.25) is 0 Å². The fourth-order valence-electron chi connectivity index (χ4n) is 1.09. The summed E-state index contributed by atoms with van der Waals surface area (Å²) in [5.74, 6) is 0. The molecule has 0 unspecified atom stereocenters. The van der Waals surface area contributed by atoms with Gasteiger partial charge in [0.2, 0.25) is 0 Å². The Bertz CT molecular complexity index is 79.6. The summed E-state index contributed by atoms with van der Waals surface area (Å²) in [4.78, 5) is 2.41. The first-order valence-electron chi connectivity index (χ1n) is 4.72.